The summed E-state index contributed by atoms with van der Waals surface area (Å²) in [4.78, 5) is 24.7. The van der Waals surface area contributed by atoms with Gasteiger partial charge in [0.15, 0.2) is 6.61 Å². The molecule has 1 aromatic rings. The summed E-state index contributed by atoms with van der Waals surface area (Å²) in [5.74, 6) is 0.500. The number of carbonyl (C=O) groups is 2. The largest absolute Gasteiger partial charge is 0.484 e. The topological polar surface area (TPSA) is 84.7 Å². The van der Waals surface area contributed by atoms with Crippen molar-refractivity contribution >= 4 is 17.6 Å². The Morgan fingerprint density at radius 1 is 1.48 bits per heavy atom. The molecule has 1 aliphatic rings. The number of nitrogens with zero attached hydrogens (tertiary/aromatic N) is 1. The fraction of sp³-hybridized carbons (Fsp3) is 0.467. The van der Waals surface area contributed by atoms with Gasteiger partial charge in [-0.05, 0) is 30.9 Å². The smallest absolute Gasteiger partial charge is 0.321 e. The summed E-state index contributed by atoms with van der Waals surface area (Å²) in [7, 11) is 0. The summed E-state index contributed by atoms with van der Waals surface area (Å²) in [5.41, 5.74) is 5.67. The van der Waals surface area contributed by atoms with Crippen molar-refractivity contribution in [2.75, 3.05) is 25.0 Å². The van der Waals surface area contributed by atoms with Crippen molar-refractivity contribution in [3.8, 4) is 5.75 Å². The van der Waals surface area contributed by atoms with E-state index in [1.807, 2.05) is 4.90 Å². The summed E-state index contributed by atoms with van der Waals surface area (Å²) in [6, 6.07) is 6.82. The highest BCUT2D eigenvalue weighted by atomic mass is 16.5. The van der Waals surface area contributed by atoms with Crippen LogP contribution in [0.3, 0.4) is 0 Å². The number of hydrogen-bond acceptors (Lipinski definition) is 3. The molecule has 0 bridgehead atoms. The second-order valence-corrected chi connectivity index (χ2v) is 5.41. The Morgan fingerprint density at radius 3 is 3.00 bits per heavy atom. The van der Waals surface area contributed by atoms with Crippen LogP contribution in [0.25, 0.3) is 0 Å². The highest BCUT2D eigenvalue weighted by Crippen LogP contribution is 2.20. The minimum Gasteiger partial charge on any atom is -0.484 e. The molecule has 1 atom stereocenters. The molecule has 3 amide bonds. The molecule has 0 radical (unpaired) electrons. The summed E-state index contributed by atoms with van der Waals surface area (Å²) in [6.07, 6.45) is 2.20. The van der Waals surface area contributed by atoms with Crippen LogP contribution in [0, 0.1) is 5.92 Å². The van der Waals surface area contributed by atoms with Crippen LogP contribution in [0.2, 0.25) is 0 Å². The molecule has 1 unspecified atom stereocenters. The van der Waals surface area contributed by atoms with Gasteiger partial charge in [-0.3, -0.25) is 4.79 Å². The predicted octanol–water partition coefficient (Wildman–Crippen LogP) is 1.81. The van der Waals surface area contributed by atoms with Crippen molar-refractivity contribution in [3.05, 3.63) is 24.3 Å². The number of primary amides is 1. The number of hydrogen-bond donors (Lipinski definition) is 2. The first-order valence-electron chi connectivity index (χ1n) is 7.11. The fourth-order valence-electron chi connectivity index (χ4n) is 2.39. The molecule has 0 aromatic heterocycles. The van der Waals surface area contributed by atoms with E-state index in [1.165, 1.54) is 6.42 Å². The number of urea groups is 1. The summed E-state index contributed by atoms with van der Waals surface area (Å²) in [6.45, 7) is 3.54. The molecule has 6 heteroatoms. The standard InChI is InChI=1S/C15H21N3O3/c1-11-4-3-7-18(9-11)15(20)17-12-5-2-6-13(8-12)21-10-14(16)19/h2,5-6,8,11H,3-4,7,9-10H2,1H3,(H2,16,19)(H,17,20). The van der Waals surface area contributed by atoms with E-state index in [-0.39, 0.29) is 12.6 Å². The van der Waals surface area contributed by atoms with Crippen molar-refractivity contribution in [2.45, 2.75) is 19.8 Å². The normalized spacial score (nSPS) is 18.1. The van der Waals surface area contributed by atoms with E-state index in [0.29, 0.717) is 17.4 Å². The van der Waals surface area contributed by atoms with E-state index < -0.39 is 5.91 Å². The van der Waals surface area contributed by atoms with Gasteiger partial charge >= 0.3 is 6.03 Å². The zero-order chi connectivity index (χ0) is 15.2. The average Bonchev–Trinajstić information content (AvgIpc) is 2.45. The predicted molar refractivity (Wildman–Crippen MR) is 80.1 cm³/mol. The Hall–Kier alpha value is -2.24. The first-order valence-corrected chi connectivity index (χ1v) is 7.11. The lowest BCUT2D eigenvalue weighted by atomic mass is 10.0. The van der Waals surface area contributed by atoms with Crippen LogP contribution in [0.1, 0.15) is 19.8 Å². The number of ether oxygens (including phenoxy) is 1. The van der Waals surface area contributed by atoms with Crippen LogP contribution < -0.4 is 15.8 Å². The van der Waals surface area contributed by atoms with Gasteiger partial charge in [-0.2, -0.15) is 0 Å². The highest BCUT2D eigenvalue weighted by molar-refractivity contribution is 5.89. The zero-order valence-electron chi connectivity index (χ0n) is 12.2. The molecule has 1 heterocycles. The summed E-state index contributed by atoms with van der Waals surface area (Å²) < 4.78 is 5.21. The lowest BCUT2D eigenvalue weighted by Gasteiger charge is -2.30. The third-order valence-electron chi connectivity index (χ3n) is 3.41. The lowest BCUT2D eigenvalue weighted by molar-refractivity contribution is -0.119. The average molecular weight is 291 g/mol. The Kier molecular flexibility index (Phi) is 5.03. The molecule has 3 N–H and O–H groups in total. The van der Waals surface area contributed by atoms with Crippen molar-refractivity contribution in [2.24, 2.45) is 11.7 Å². The Labute approximate surface area is 124 Å². The fourth-order valence-corrected chi connectivity index (χ4v) is 2.39. The summed E-state index contributed by atoms with van der Waals surface area (Å²) in [5, 5.41) is 2.85. The maximum absolute atomic E-state index is 12.2. The van der Waals surface area contributed by atoms with Gasteiger partial charge in [0, 0.05) is 24.8 Å². The molecule has 0 saturated carbocycles. The van der Waals surface area contributed by atoms with Gasteiger partial charge in [-0.1, -0.05) is 13.0 Å². The van der Waals surface area contributed by atoms with Crippen LogP contribution in [0.15, 0.2) is 24.3 Å². The van der Waals surface area contributed by atoms with E-state index in [4.69, 9.17) is 10.5 Å². The number of rotatable bonds is 4. The van der Waals surface area contributed by atoms with E-state index in [2.05, 4.69) is 12.2 Å². The molecule has 114 valence electrons. The number of amides is 3. The van der Waals surface area contributed by atoms with Crippen molar-refractivity contribution < 1.29 is 14.3 Å². The molecule has 21 heavy (non-hydrogen) atoms. The van der Waals surface area contributed by atoms with Crippen molar-refractivity contribution in [3.63, 3.8) is 0 Å². The van der Waals surface area contributed by atoms with E-state index in [1.54, 1.807) is 24.3 Å². The minimum atomic E-state index is -0.535. The summed E-state index contributed by atoms with van der Waals surface area (Å²) >= 11 is 0. The Balaban J connectivity index is 1.94. The van der Waals surface area contributed by atoms with Gasteiger partial charge in [0.2, 0.25) is 0 Å². The highest BCUT2D eigenvalue weighted by Gasteiger charge is 2.20. The molecule has 0 aliphatic carbocycles. The molecule has 6 nitrogen and oxygen atoms in total. The SMILES string of the molecule is CC1CCCN(C(=O)Nc2cccc(OCC(N)=O)c2)C1. The minimum absolute atomic E-state index is 0.103. The van der Waals surface area contributed by atoms with Crippen molar-refractivity contribution in [1.82, 2.24) is 4.90 Å². The van der Waals surface area contributed by atoms with Gasteiger partial charge in [-0.25, -0.2) is 4.79 Å². The molecule has 1 fully saturated rings. The number of piperidine rings is 1. The molecule has 0 spiro atoms. The molecular weight excluding hydrogens is 270 g/mol. The van der Waals surface area contributed by atoms with Gasteiger partial charge in [0.1, 0.15) is 5.75 Å². The molecule has 1 aliphatic heterocycles. The van der Waals surface area contributed by atoms with E-state index in [0.717, 1.165) is 19.5 Å². The molecule has 1 saturated heterocycles. The van der Waals surface area contributed by atoms with Crippen LogP contribution in [0.5, 0.6) is 5.75 Å². The van der Waals surface area contributed by atoms with E-state index in [9.17, 15) is 9.59 Å². The maximum atomic E-state index is 12.2. The Bertz CT molecular complexity index is 519. The maximum Gasteiger partial charge on any atom is 0.321 e. The zero-order valence-corrected chi connectivity index (χ0v) is 12.2. The third kappa shape index (κ3) is 4.66. The number of nitrogens with two attached hydrogens (primary N) is 1. The van der Waals surface area contributed by atoms with Crippen LogP contribution >= 0.6 is 0 Å². The van der Waals surface area contributed by atoms with Crippen molar-refractivity contribution in [1.29, 1.82) is 0 Å². The first-order chi connectivity index (χ1) is 10.0. The van der Waals surface area contributed by atoms with Gasteiger partial charge in [-0.15, -0.1) is 0 Å². The van der Waals surface area contributed by atoms with Crippen LogP contribution in [-0.2, 0) is 4.79 Å². The number of nitrogens with one attached hydrogen (secondary N) is 1. The number of likely N-dealkylation sites (tertiary alicyclic amines) is 1. The number of benzene rings is 1. The quantitative estimate of drug-likeness (QED) is 0.887. The number of carbonyl (C=O) groups excluding carboxylic acids is 2. The molecule has 1 aromatic carbocycles. The second-order valence-electron chi connectivity index (χ2n) is 5.41. The molecule has 2 rings (SSSR count). The van der Waals surface area contributed by atoms with Crippen LogP contribution in [0.4, 0.5) is 10.5 Å². The Morgan fingerprint density at radius 2 is 2.29 bits per heavy atom. The number of anilines is 1. The lowest BCUT2D eigenvalue weighted by Crippen LogP contribution is -2.41. The van der Waals surface area contributed by atoms with E-state index >= 15 is 0 Å². The second kappa shape index (κ2) is 6.97. The first kappa shape index (κ1) is 15.2. The van der Waals surface area contributed by atoms with Gasteiger partial charge < -0.3 is 20.7 Å². The monoisotopic (exact) mass is 291 g/mol. The van der Waals surface area contributed by atoms with Crippen LogP contribution in [-0.4, -0.2) is 36.5 Å². The van der Waals surface area contributed by atoms with Gasteiger partial charge in [0.25, 0.3) is 5.91 Å². The third-order valence-corrected chi connectivity index (χ3v) is 3.41. The van der Waals surface area contributed by atoms with Gasteiger partial charge in [0.05, 0.1) is 0 Å². The molecular formula is C15H21N3O3.